The SMILES string of the molecule is C=CC(O)[C@@H](COCc1ccccc1)NC(=O)OC(C)(C)C. The number of rotatable bonds is 7. The molecule has 122 valence electrons. The third-order valence-electron chi connectivity index (χ3n) is 2.76. The first-order valence-corrected chi connectivity index (χ1v) is 7.23. The van der Waals surface area contributed by atoms with Crippen LogP contribution in [0.2, 0.25) is 0 Å². The number of hydrogen-bond donors (Lipinski definition) is 2. The molecule has 0 spiro atoms. The van der Waals surface area contributed by atoms with Crippen molar-refractivity contribution in [3.05, 3.63) is 48.6 Å². The molecule has 1 amide bonds. The molecule has 0 aliphatic carbocycles. The summed E-state index contributed by atoms with van der Waals surface area (Å²) in [6.45, 7) is 9.41. The molecule has 1 unspecified atom stereocenters. The maximum absolute atomic E-state index is 11.8. The van der Waals surface area contributed by atoms with Crippen LogP contribution in [0, 0.1) is 0 Å². The molecule has 0 saturated carbocycles. The molecule has 5 heteroatoms. The highest BCUT2D eigenvalue weighted by atomic mass is 16.6. The van der Waals surface area contributed by atoms with Crippen LogP contribution in [-0.4, -0.2) is 35.6 Å². The minimum atomic E-state index is -0.914. The number of carbonyl (C=O) groups is 1. The highest BCUT2D eigenvalue weighted by Gasteiger charge is 2.23. The van der Waals surface area contributed by atoms with Gasteiger partial charge in [0, 0.05) is 0 Å². The molecule has 0 aromatic heterocycles. The molecule has 22 heavy (non-hydrogen) atoms. The van der Waals surface area contributed by atoms with Crippen LogP contribution in [0.4, 0.5) is 4.79 Å². The number of ether oxygens (including phenoxy) is 2. The average molecular weight is 307 g/mol. The van der Waals surface area contributed by atoms with Gasteiger partial charge in [-0.3, -0.25) is 0 Å². The van der Waals surface area contributed by atoms with Gasteiger partial charge in [-0.1, -0.05) is 36.4 Å². The maximum atomic E-state index is 11.8. The lowest BCUT2D eigenvalue weighted by Crippen LogP contribution is -2.47. The monoisotopic (exact) mass is 307 g/mol. The molecule has 0 aliphatic rings. The van der Waals surface area contributed by atoms with Crippen LogP contribution in [0.3, 0.4) is 0 Å². The van der Waals surface area contributed by atoms with E-state index < -0.39 is 23.8 Å². The molecule has 2 N–H and O–H groups in total. The van der Waals surface area contributed by atoms with E-state index in [2.05, 4.69) is 11.9 Å². The van der Waals surface area contributed by atoms with Crippen LogP contribution < -0.4 is 5.32 Å². The van der Waals surface area contributed by atoms with Crippen molar-refractivity contribution >= 4 is 6.09 Å². The molecule has 1 aromatic carbocycles. The summed E-state index contributed by atoms with van der Waals surface area (Å²) >= 11 is 0. The van der Waals surface area contributed by atoms with Crippen LogP contribution in [0.5, 0.6) is 0 Å². The lowest BCUT2D eigenvalue weighted by molar-refractivity contribution is 0.0283. The lowest BCUT2D eigenvalue weighted by atomic mass is 10.1. The van der Waals surface area contributed by atoms with Gasteiger partial charge in [0.2, 0.25) is 0 Å². The van der Waals surface area contributed by atoms with E-state index in [0.29, 0.717) is 6.61 Å². The number of nitrogens with one attached hydrogen (secondary N) is 1. The second kappa shape index (κ2) is 8.56. The van der Waals surface area contributed by atoms with Gasteiger partial charge in [-0.25, -0.2) is 4.79 Å². The Labute approximate surface area is 131 Å². The van der Waals surface area contributed by atoms with Crippen molar-refractivity contribution in [1.82, 2.24) is 5.32 Å². The van der Waals surface area contributed by atoms with Crippen molar-refractivity contribution in [2.75, 3.05) is 6.61 Å². The maximum Gasteiger partial charge on any atom is 0.408 e. The van der Waals surface area contributed by atoms with Gasteiger partial charge in [0.05, 0.1) is 25.4 Å². The number of benzene rings is 1. The largest absolute Gasteiger partial charge is 0.444 e. The first-order chi connectivity index (χ1) is 10.3. The summed E-state index contributed by atoms with van der Waals surface area (Å²) in [5.41, 5.74) is 0.421. The molecule has 5 nitrogen and oxygen atoms in total. The van der Waals surface area contributed by atoms with Crippen molar-refractivity contribution in [2.24, 2.45) is 0 Å². The summed E-state index contributed by atoms with van der Waals surface area (Å²) in [5, 5.41) is 12.5. The fourth-order valence-electron chi connectivity index (χ4n) is 1.73. The second-order valence-electron chi connectivity index (χ2n) is 5.98. The first-order valence-electron chi connectivity index (χ1n) is 7.23. The van der Waals surface area contributed by atoms with Crippen LogP contribution in [0.25, 0.3) is 0 Å². The molecule has 0 bridgehead atoms. The molecule has 0 saturated heterocycles. The number of hydrogen-bond acceptors (Lipinski definition) is 4. The predicted octanol–water partition coefficient (Wildman–Crippen LogP) is 2.64. The zero-order chi connectivity index (χ0) is 16.6. The Morgan fingerprint density at radius 3 is 2.55 bits per heavy atom. The second-order valence-corrected chi connectivity index (χ2v) is 5.98. The topological polar surface area (TPSA) is 67.8 Å². The van der Waals surface area contributed by atoms with Gasteiger partial charge in [-0.15, -0.1) is 6.58 Å². The highest BCUT2D eigenvalue weighted by Crippen LogP contribution is 2.08. The molecule has 0 radical (unpaired) electrons. The summed E-state index contributed by atoms with van der Waals surface area (Å²) in [6, 6.07) is 9.05. The van der Waals surface area contributed by atoms with Gasteiger partial charge in [0.1, 0.15) is 5.60 Å². The normalized spacial score (nSPS) is 14.0. The Kier molecular flexibility index (Phi) is 7.08. The Morgan fingerprint density at radius 1 is 1.36 bits per heavy atom. The van der Waals surface area contributed by atoms with E-state index in [1.807, 2.05) is 30.3 Å². The highest BCUT2D eigenvalue weighted by molar-refractivity contribution is 5.68. The van der Waals surface area contributed by atoms with Crippen LogP contribution in [-0.2, 0) is 16.1 Å². The van der Waals surface area contributed by atoms with Gasteiger partial charge >= 0.3 is 6.09 Å². The summed E-state index contributed by atoms with van der Waals surface area (Å²) in [5.74, 6) is 0. The fourth-order valence-corrected chi connectivity index (χ4v) is 1.73. The molecule has 1 aromatic rings. The van der Waals surface area contributed by atoms with E-state index >= 15 is 0 Å². The van der Waals surface area contributed by atoms with Gasteiger partial charge in [0.15, 0.2) is 0 Å². The van der Waals surface area contributed by atoms with Crippen LogP contribution in [0.1, 0.15) is 26.3 Å². The molecule has 0 heterocycles. The summed E-state index contributed by atoms with van der Waals surface area (Å²) in [7, 11) is 0. The zero-order valence-corrected chi connectivity index (χ0v) is 13.4. The third kappa shape index (κ3) is 7.24. The Morgan fingerprint density at radius 2 is 2.00 bits per heavy atom. The van der Waals surface area contributed by atoms with E-state index in [0.717, 1.165) is 5.56 Å². The molecular formula is C17H25NO4. The first kappa shape index (κ1) is 18.2. The van der Waals surface area contributed by atoms with Gasteiger partial charge in [0.25, 0.3) is 0 Å². The van der Waals surface area contributed by atoms with Crippen molar-refractivity contribution in [3.63, 3.8) is 0 Å². The van der Waals surface area contributed by atoms with E-state index in [9.17, 15) is 9.90 Å². The van der Waals surface area contributed by atoms with E-state index in [4.69, 9.17) is 9.47 Å². The number of aliphatic hydroxyl groups excluding tert-OH is 1. The van der Waals surface area contributed by atoms with Crippen LogP contribution >= 0.6 is 0 Å². The Bertz CT molecular complexity index is 467. The molecule has 1 rings (SSSR count). The number of carbonyl (C=O) groups excluding carboxylic acids is 1. The van der Waals surface area contributed by atoms with E-state index in [1.165, 1.54) is 6.08 Å². The van der Waals surface area contributed by atoms with Gasteiger partial charge < -0.3 is 19.9 Å². The number of aliphatic hydroxyl groups is 1. The fraction of sp³-hybridized carbons (Fsp3) is 0.471. The van der Waals surface area contributed by atoms with E-state index in [-0.39, 0.29) is 6.61 Å². The van der Waals surface area contributed by atoms with Gasteiger partial charge in [-0.2, -0.15) is 0 Å². The van der Waals surface area contributed by atoms with E-state index in [1.54, 1.807) is 20.8 Å². The molecule has 0 aliphatic heterocycles. The van der Waals surface area contributed by atoms with Crippen molar-refractivity contribution < 1.29 is 19.4 Å². The number of amides is 1. The molecular weight excluding hydrogens is 282 g/mol. The minimum absolute atomic E-state index is 0.154. The van der Waals surface area contributed by atoms with Gasteiger partial charge in [-0.05, 0) is 26.3 Å². The summed E-state index contributed by atoms with van der Waals surface area (Å²) in [4.78, 5) is 11.8. The van der Waals surface area contributed by atoms with Crippen molar-refractivity contribution in [2.45, 2.75) is 45.1 Å². The standard InChI is InChI=1S/C17H25NO4/c1-5-15(19)14(18-16(20)22-17(2,3)4)12-21-11-13-9-7-6-8-10-13/h5-10,14-15,19H,1,11-12H2,2-4H3,(H,18,20)/t14-,15?/m1/s1. The lowest BCUT2D eigenvalue weighted by Gasteiger charge is -2.25. The Hall–Kier alpha value is -1.85. The summed E-state index contributed by atoms with van der Waals surface area (Å²) < 4.78 is 10.7. The third-order valence-corrected chi connectivity index (χ3v) is 2.76. The number of alkyl carbamates (subject to hydrolysis) is 1. The Balaban J connectivity index is 2.50. The van der Waals surface area contributed by atoms with Crippen molar-refractivity contribution in [1.29, 1.82) is 0 Å². The minimum Gasteiger partial charge on any atom is -0.444 e. The van der Waals surface area contributed by atoms with Crippen LogP contribution in [0.15, 0.2) is 43.0 Å². The quantitative estimate of drug-likeness (QED) is 0.760. The molecule has 0 fully saturated rings. The predicted molar refractivity (Wildman–Crippen MR) is 85.5 cm³/mol. The molecule has 2 atom stereocenters. The average Bonchev–Trinajstić information content (AvgIpc) is 2.44. The zero-order valence-electron chi connectivity index (χ0n) is 13.4. The van der Waals surface area contributed by atoms with Crippen molar-refractivity contribution in [3.8, 4) is 0 Å². The smallest absolute Gasteiger partial charge is 0.408 e. The summed E-state index contributed by atoms with van der Waals surface area (Å²) in [6.07, 6.45) is -0.154.